The van der Waals surface area contributed by atoms with Crippen LogP contribution in [0, 0.1) is 0 Å². The SMILES string of the molecule is Cn1nc(C2CCCN(C(=O)Cn3cnc4ccccc43)C2)n(-c2ccccc2)c1=O. The fraction of sp³-hybridized carbons (Fsp3) is 0.304. The molecule has 1 fully saturated rings. The summed E-state index contributed by atoms with van der Waals surface area (Å²) >= 11 is 0. The highest BCUT2D eigenvalue weighted by Gasteiger charge is 2.29. The van der Waals surface area contributed by atoms with E-state index in [1.54, 1.807) is 17.9 Å². The van der Waals surface area contributed by atoms with E-state index in [1.807, 2.05) is 64.1 Å². The van der Waals surface area contributed by atoms with Gasteiger partial charge in [0.2, 0.25) is 5.91 Å². The number of carbonyl (C=O) groups excluding carboxylic acids is 1. The van der Waals surface area contributed by atoms with Crippen molar-refractivity contribution in [3.63, 3.8) is 0 Å². The second-order valence-corrected chi connectivity index (χ2v) is 7.98. The molecule has 0 bridgehead atoms. The van der Waals surface area contributed by atoms with E-state index in [0.717, 1.165) is 29.6 Å². The van der Waals surface area contributed by atoms with Gasteiger partial charge in [0.1, 0.15) is 12.4 Å². The first-order chi connectivity index (χ1) is 15.1. The van der Waals surface area contributed by atoms with Gasteiger partial charge in [-0.1, -0.05) is 30.3 Å². The standard InChI is InChI=1S/C23H24N6O2/c1-26-23(31)29(18-9-3-2-4-10-18)22(25-26)17-8-7-13-27(14-17)21(30)15-28-16-24-19-11-5-6-12-20(19)28/h2-6,9-12,16-17H,7-8,13-15H2,1H3. The van der Waals surface area contributed by atoms with Gasteiger partial charge in [-0.3, -0.25) is 4.79 Å². The molecule has 158 valence electrons. The first-order valence-electron chi connectivity index (χ1n) is 10.5. The van der Waals surface area contributed by atoms with Gasteiger partial charge in [-0.25, -0.2) is 19.0 Å². The Bertz CT molecular complexity index is 1290. The molecule has 1 aliphatic heterocycles. The summed E-state index contributed by atoms with van der Waals surface area (Å²) < 4.78 is 4.94. The van der Waals surface area contributed by atoms with Crippen molar-refractivity contribution in [1.29, 1.82) is 0 Å². The number of benzene rings is 2. The number of imidazole rings is 1. The van der Waals surface area contributed by atoms with Crippen LogP contribution in [-0.2, 0) is 18.4 Å². The highest BCUT2D eigenvalue weighted by molar-refractivity contribution is 5.80. The first-order valence-corrected chi connectivity index (χ1v) is 10.5. The largest absolute Gasteiger partial charge is 0.350 e. The third-order valence-corrected chi connectivity index (χ3v) is 5.94. The van der Waals surface area contributed by atoms with Crippen LogP contribution in [0.15, 0.2) is 65.7 Å². The number of hydrogen-bond donors (Lipinski definition) is 0. The molecule has 1 saturated heterocycles. The molecule has 5 rings (SSSR count). The summed E-state index contributed by atoms with van der Waals surface area (Å²) in [6.07, 6.45) is 3.48. The van der Waals surface area contributed by atoms with Gasteiger partial charge in [-0.05, 0) is 37.1 Å². The van der Waals surface area contributed by atoms with Gasteiger partial charge >= 0.3 is 5.69 Å². The normalized spacial score (nSPS) is 16.7. The predicted molar refractivity (Wildman–Crippen MR) is 117 cm³/mol. The molecule has 2 aromatic heterocycles. The minimum absolute atomic E-state index is 0.00587. The molecule has 31 heavy (non-hydrogen) atoms. The predicted octanol–water partition coefficient (Wildman–Crippen LogP) is 2.33. The van der Waals surface area contributed by atoms with Crippen molar-refractivity contribution in [2.75, 3.05) is 13.1 Å². The minimum Gasteiger partial charge on any atom is -0.340 e. The van der Waals surface area contributed by atoms with Crippen LogP contribution in [0.1, 0.15) is 24.6 Å². The van der Waals surface area contributed by atoms with Crippen LogP contribution < -0.4 is 5.69 Å². The monoisotopic (exact) mass is 416 g/mol. The Labute approximate surface area is 179 Å². The third-order valence-electron chi connectivity index (χ3n) is 5.94. The molecule has 0 aliphatic carbocycles. The summed E-state index contributed by atoms with van der Waals surface area (Å²) in [5.41, 5.74) is 2.46. The van der Waals surface area contributed by atoms with E-state index >= 15 is 0 Å². The average Bonchev–Trinajstić information content (AvgIpc) is 3.35. The number of amides is 1. The number of nitrogens with zero attached hydrogens (tertiary/aromatic N) is 6. The van der Waals surface area contributed by atoms with E-state index < -0.39 is 0 Å². The summed E-state index contributed by atoms with van der Waals surface area (Å²) in [6.45, 7) is 1.51. The van der Waals surface area contributed by atoms with E-state index in [4.69, 9.17) is 0 Å². The van der Waals surface area contributed by atoms with Crippen molar-refractivity contribution < 1.29 is 4.79 Å². The Morgan fingerprint density at radius 3 is 2.71 bits per heavy atom. The summed E-state index contributed by atoms with van der Waals surface area (Å²) in [5.74, 6) is 0.771. The first kappa shape index (κ1) is 19.3. The molecule has 1 amide bonds. The van der Waals surface area contributed by atoms with Gasteiger partial charge in [0.05, 0.1) is 23.0 Å². The molecule has 1 aliphatic rings. The number of fused-ring (bicyclic) bond motifs is 1. The zero-order valence-corrected chi connectivity index (χ0v) is 17.4. The van der Waals surface area contributed by atoms with E-state index in [-0.39, 0.29) is 24.1 Å². The minimum atomic E-state index is -0.172. The number of likely N-dealkylation sites (tertiary alicyclic amines) is 1. The molecule has 1 atom stereocenters. The van der Waals surface area contributed by atoms with E-state index in [9.17, 15) is 9.59 Å². The zero-order chi connectivity index (χ0) is 21.4. The topological polar surface area (TPSA) is 78.0 Å². The summed E-state index contributed by atoms with van der Waals surface area (Å²) in [7, 11) is 1.67. The number of carbonyl (C=O) groups is 1. The third kappa shape index (κ3) is 3.54. The summed E-state index contributed by atoms with van der Waals surface area (Å²) in [5, 5.41) is 4.53. The Balaban J connectivity index is 1.39. The van der Waals surface area contributed by atoms with Crippen LogP contribution in [-0.4, -0.2) is 47.8 Å². The Morgan fingerprint density at radius 1 is 1.10 bits per heavy atom. The van der Waals surface area contributed by atoms with Gasteiger partial charge in [0, 0.05) is 26.1 Å². The number of aryl methyl sites for hydroxylation is 1. The molecule has 0 spiro atoms. The van der Waals surface area contributed by atoms with Gasteiger partial charge < -0.3 is 9.47 Å². The lowest BCUT2D eigenvalue weighted by atomic mass is 9.97. The highest BCUT2D eigenvalue weighted by atomic mass is 16.2. The van der Waals surface area contributed by atoms with Gasteiger partial charge in [-0.15, -0.1) is 0 Å². The van der Waals surface area contributed by atoms with Crippen LogP contribution in [0.2, 0.25) is 0 Å². The second-order valence-electron chi connectivity index (χ2n) is 7.98. The molecular weight excluding hydrogens is 392 g/mol. The van der Waals surface area contributed by atoms with Crippen LogP contribution in [0.4, 0.5) is 0 Å². The van der Waals surface area contributed by atoms with Crippen molar-refractivity contribution in [2.45, 2.75) is 25.3 Å². The Hall–Kier alpha value is -3.68. The van der Waals surface area contributed by atoms with Crippen molar-refractivity contribution in [3.8, 4) is 5.69 Å². The van der Waals surface area contributed by atoms with Gasteiger partial charge in [0.15, 0.2) is 0 Å². The highest BCUT2D eigenvalue weighted by Crippen LogP contribution is 2.27. The number of rotatable bonds is 4. The Kier molecular flexibility index (Phi) is 4.89. The van der Waals surface area contributed by atoms with E-state index in [1.165, 1.54) is 4.68 Å². The molecule has 0 saturated carbocycles. The molecule has 8 heteroatoms. The van der Waals surface area contributed by atoms with Crippen molar-refractivity contribution >= 4 is 16.9 Å². The molecule has 2 aromatic carbocycles. The summed E-state index contributed by atoms with van der Waals surface area (Å²) in [6, 6.07) is 17.4. The van der Waals surface area contributed by atoms with Crippen molar-refractivity contribution in [1.82, 2.24) is 28.8 Å². The molecule has 1 unspecified atom stereocenters. The van der Waals surface area contributed by atoms with Crippen LogP contribution in [0.3, 0.4) is 0 Å². The number of piperidine rings is 1. The van der Waals surface area contributed by atoms with Crippen LogP contribution in [0.25, 0.3) is 16.7 Å². The quantitative estimate of drug-likeness (QED) is 0.512. The lowest BCUT2D eigenvalue weighted by Crippen LogP contribution is -2.41. The van der Waals surface area contributed by atoms with Crippen LogP contribution in [0.5, 0.6) is 0 Å². The molecular formula is C23H24N6O2. The zero-order valence-electron chi connectivity index (χ0n) is 17.4. The van der Waals surface area contributed by atoms with Crippen molar-refractivity contribution in [3.05, 3.63) is 77.2 Å². The number of aromatic nitrogens is 5. The molecule has 0 N–H and O–H groups in total. The molecule has 8 nitrogen and oxygen atoms in total. The second kappa shape index (κ2) is 7.86. The van der Waals surface area contributed by atoms with Crippen molar-refractivity contribution in [2.24, 2.45) is 7.05 Å². The van der Waals surface area contributed by atoms with Gasteiger partial charge in [0.25, 0.3) is 0 Å². The summed E-state index contributed by atoms with van der Waals surface area (Å²) in [4.78, 5) is 32.1. The fourth-order valence-electron chi connectivity index (χ4n) is 4.36. The molecule has 3 heterocycles. The van der Waals surface area contributed by atoms with Gasteiger partial charge in [-0.2, -0.15) is 5.10 Å². The lowest BCUT2D eigenvalue weighted by molar-refractivity contribution is -0.133. The maximum atomic E-state index is 13.1. The van der Waals surface area contributed by atoms with Crippen LogP contribution >= 0.6 is 0 Å². The maximum Gasteiger partial charge on any atom is 0.350 e. The van der Waals surface area contributed by atoms with E-state index in [0.29, 0.717) is 18.9 Å². The fourth-order valence-corrected chi connectivity index (χ4v) is 4.36. The maximum absolute atomic E-state index is 13.1. The van der Waals surface area contributed by atoms with E-state index in [2.05, 4.69) is 10.1 Å². The average molecular weight is 416 g/mol. The Morgan fingerprint density at radius 2 is 1.87 bits per heavy atom. The number of hydrogen-bond acceptors (Lipinski definition) is 4. The smallest absolute Gasteiger partial charge is 0.340 e. The lowest BCUT2D eigenvalue weighted by Gasteiger charge is -2.32. The number of para-hydroxylation sites is 3. The molecule has 0 radical (unpaired) electrons. The molecule has 4 aromatic rings.